The number of aliphatic hydroxyl groups is 1. The average molecular weight is 526 g/mol. The molecule has 1 saturated carbocycles. The van der Waals surface area contributed by atoms with Gasteiger partial charge in [0.05, 0.1) is 11.7 Å². The van der Waals surface area contributed by atoms with Crippen molar-refractivity contribution in [2.24, 2.45) is 5.92 Å². The summed E-state index contributed by atoms with van der Waals surface area (Å²) >= 11 is 0. The maximum Gasteiger partial charge on any atom is 0.416 e. The summed E-state index contributed by atoms with van der Waals surface area (Å²) in [7, 11) is 0. The van der Waals surface area contributed by atoms with Gasteiger partial charge in [-0.05, 0) is 74.8 Å². The minimum absolute atomic E-state index is 0.0434. The molecule has 206 valence electrons. The summed E-state index contributed by atoms with van der Waals surface area (Å²) in [6, 6.07) is 2.69. The molecule has 1 amide bonds. The minimum atomic E-state index is -4.58. The SMILES string of the molecule is CCCCC/C=C1/CC(C(=O)NCC[C@@H](O)CN2CCC(c3ccc(C(F)(F)F)cc3F)C2)CCC1=N. The lowest BCUT2D eigenvalue weighted by Crippen LogP contribution is -2.37. The summed E-state index contributed by atoms with van der Waals surface area (Å²) < 4.78 is 52.7. The first-order chi connectivity index (χ1) is 17.6. The van der Waals surface area contributed by atoms with Gasteiger partial charge < -0.3 is 20.7 Å². The van der Waals surface area contributed by atoms with Crippen LogP contribution >= 0.6 is 0 Å². The van der Waals surface area contributed by atoms with E-state index in [-0.39, 0.29) is 23.3 Å². The Balaban J connectivity index is 1.39. The van der Waals surface area contributed by atoms with Crippen molar-refractivity contribution in [1.82, 2.24) is 10.2 Å². The lowest BCUT2D eigenvalue weighted by Gasteiger charge is -2.25. The zero-order valence-electron chi connectivity index (χ0n) is 21.5. The van der Waals surface area contributed by atoms with Crippen molar-refractivity contribution >= 4 is 11.6 Å². The van der Waals surface area contributed by atoms with Crippen LogP contribution in [0.1, 0.15) is 81.8 Å². The van der Waals surface area contributed by atoms with Gasteiger partial charge in [0.2, 0.25) is 5.91 Å². The zero-order chi connectivity index (χ0) is 27.0. The second kappa shape index (κ2) is 13.5. The topological polar surface area (TPSA) is 76.4 Å². The number of carbonyl (C=O) groups is 1. The number of benzene rings is 1. The summed E-state index contributed by atoms with van der Waals surface area (Å²) in [5, 5.41) is 21.6. The van der Waals surface area contributed by atoms with Gasteiger partial charge in [-0.2, -0.15) is 13.2 Å². The molecule has 2 fully saturated rings. The van der Waals surface area contributed by atoms with Gasteiger partial charge in [-0.25, -0.2) is 4.39 Å². The highest BCUT2D eigenvalue weighted by Crippen LogP contribution is 2.34. The van der Waals surface area contributed by atoms with Gasteiger partial charge in [-0.3, -0.25) is 4.79 Å². The summed E-state index contributed by atoms with van der Waals surface area (Å²) in [6.07, 6.45) is 4.05. The van der Waals surface area contributed by atoms with E-state index in [1.54, 1.807) is 0 Å². The molecule has 1 heterocycles. The zero-order valence-corrected chi connectivity index (χ0v) is 21.5. The van der Waals surface area contributed by atoms with Gasteiger partial charge in [0, 0.05) is 37.2 Å². The maximum atomic E-state index is 14.3. The van der Waals surface area contributed by atoms with E-state index < -0.39 is 23.7 Å². The third kappa shape index (κ3) is 8.64. The Kier molecular flexibility index (Phi) is 10.7. The quantitative estimate of drug-likeness (QED) is 0.251. The Bertz CT molecular complexity index is 963. The van der Waals surface area contributed by atoms with Crippen molar-refractivity contribution in [3.8, 4) is 0 Å². The molecule has 1 aliphatic carbocycles. The van der Waals surface area contributed by atoms with Crippen LogP contribution in [-0.4, -0.2) is 53.9 Å². The van der Waals surface area contributed by atoms with Crippen molar-refractivity contribution in [1.29, 1.82) is 5.41 Å². The Morgan fingerprint density at radius 2 is 2.08 bits per heavy atom. The molecule has 0 bridgehead atoms. The number of hydrogen-bond donors (Lipinski definition) is 3. The summed E-state index contributed by atoms with van der Waals surface area (Å²) in [5.41, 5.74) is 0.898. The number of aliphatic hydroxyl groups excluding tert-OH is 1. The van der Waals surface area contributed by atoms with Crippen molar-refractivity contribution < 1.29 is 27.5 Å². The van der Waals surface area contributed by atoms with Gasteiger partial charge in [-0.15, -0.1) is 0 Å². The standard InChI is InChI=1S/C28H39F4N3O2/c1-2-3-4-5-6-19-15-20(7-10-26(19)33)27(37)34-13-11-23(36)18-35-14-12-21(17-35)24-9-8-22(16-25(24)29)28(30,31)32/h6,8-9,16,20-21,23,33,36H,2-5,7,10-15,17-18H2,1H3,(H,34,37)/b19-6-,33-26?/t20?,21?,23-/m1/s1. The number of unbranched alkanes of at least 4 members (excludes halogenated alkanes) is 3. The number of rotatable bonds is 11. The number of nitrogens with zero attached hydrogens (tertiary/aromatic N) is 1. The molecule has 1 aliphatic heterocycles. The predicted molar refractivity (Wildman–Crippen MR) is 136 cm³/mol. The van der Waals surface area contributed by atoms with E-state index in [0.717, 1.165) is 37.3 Å². The molecule has 1 aromatic carbocycles. The first-order valence-electron chi connectivity index (χ1n) is 13.4. The molecule has 5 nitrogen and oxygen atoms in total. The van der Waals surface area contributed by atoms with Crippen molar-refractivity contribution in [2.45, 2.75) is 82.9 Å². The highest BCUT2D eigenvalue weighted by Gasteiger charge is 2.33. The first kappa shape index (κ1) is 29.3. The summed E-state index contributed by atoms with van der Waals surface area (Å²) in [4.78, 5) is 14.6. The molecule has 1 saturated heterocycles. The average Bonchev–Trinajstić information content (AvgIpc) is 3.30. The highest BCUT2D eigenvalue weighted by molar-refractivity contribution is 5.99. The monoisotopic (exact) mass is 525 g/mol. The van der Waals surface area contributed by atoms with E-state index in [1.807, 2.05) is 4.90 Å². The fraction of sp³-hybridized carbons (Fsp3) is 0.643. The molecule has 3 N–H and O–H groups in total. The fourth-order valence-corrected chi connectivity index (χ4v) is 5.25. The third-order valence-corrected chi connectivity index (χ3v) is 7.45. The maximum absolute atomic E-state index is 14.3. The van der Waals surface area contributed by atoms with Crippen molar-refractivity contribution in [3.05, 3.63) is 46.8 Å². The molecular weight excluding hydrogens is 486 g/mol. The largest absolute Gasteiger partial charge is 0.416 e. The fourth-order valence-electron chi connectivity index (χ4n) is 5.25. The highest BCUT2D eigenvalue weighted by atomic mass is 19.4. The van der Waals surface area contributed by atoms with Crippen LogP contribution in [0, 0.1) is 17.1 Å². The van der Waals surface area contributed by atoms with Crippen LogP contribution in [0.15, 0.2) is 29.8 Å². The molecule has 0 radical (unpaired) electrons. The number of allylic oxidation sites excluding steroid dienone is 2. The second-order valence-corrected chi connectivity index (χ2v) is 10.4. The Morgan fingerprint density at radius 3 is 2.78 bits per heavy atom. The molecule has 0 spiro atoms. The predicted octanol–water partition coefficient (Wildman–Crippen LogP) is 5.83. The molecule has 37 heavy (non-hydrogen) atoms. The minimum Gasteiger partial charge on any atom is -0.392 e. The molecule has 3 rings (SSSR count). The number of carbonyl (C=O) groups excluding carboxylic acids is 1. The third-order valence-electron chi connectivity index (χ3n) is 7.45. The Labute approximate surface area is 216 Å². The van der Waals surface area contributed by atoms with E-state index in [1.165, 1.54) is 6.07 Å². The number of β-amino-alcohol motifs (C(OH)–C–C–N with tert-alkyl or cyclic N) is 1. The van der Waals surface area contributed by atoms with Gasteiger partial charge in [-0.1, -0.05) is 31.9 Å². The normalized spacial score (nSPS) is 23.0. The van der Waals surface area contributed by atoms with Gasteiger partial charge in [0.15, 0.2) is 0 Å². The van der Waals surface area contributed by atoms with Crippen LogP contribution in [-0.2, 0) is 11.0 Å². The first-order valence-corrected chi connectivity index (χ1v) is 13.4. The molecular formula is C28H39F4N3O2. The van der Waals surface area contributed by atoms with Crippen LogP contribution in [0.3, 0.4) is 0 Å². The molecule has 9 heteroatoms. The van der Waals surface area contributed by atoms with Crippen LogP contribution in [0.25, 0.3) is 0 Å². The van der Waals surface area contributed by atoms with Crippen LogP contribution in [0.2, 0.25) is 0 Å². The Hall–Kier alpha value is -2.26. The molecule has 2 aliphatic rings. The van der Waals surface area contributed by atoms with Crippen LogP contribution < -0.4 is 5.32 Å². The molecule has 1 aromatic rings. The van der Waals surface area contributed by atoms with E-state index >= 15 is 0 Å². The van der Waals surface area contributed by atoms with Gasteiger partial charge in [0.25, 0.3) is 0 Å². The van der Waals surface area contributed by atoms with E-state index in [9.17, 15) is 27.5 Å². The van der Waals surface area contributed by atoms with Crippen molar-refractivity contribution in [2.75, 3.05) is 26.2 Å². The second-order valence-electron chi connectivity index (χ2n) is 10.4. The van der Waals surface area contributed by atoms with E-state index in [0.29, 0.717) is 70.1 Å². The Morgan fingerprint density at radius 1 is 1.30 bits per heavy atom. The number of hydrogen-bond acceptors (Lipinski definition) is 4. The number of likely N-dealkylation sites (tertiary alicyclic amines) is 1. The molecule has 0 aromatic heterocycles. The number of alkyl halides is 3. The van der Waals surface area contributed by atoms with E-state index in [4.69, 9.17) is 5.41 Å². The summed E-state index contributed by atoms with van der Waals surface area (Å²) in [6.45, 7) is 3.94. The number of nitrogens with one attached hydrogen (secondary N) is 2. The van der Waals surface area contributed by atoms with Crippen molar-refractivity contribution in [3.63, 3.8) is 0 Å². The van der Waals surface area contributed by atoms with Gasteiger partial charge in [0.1, 0.15) is 5.82 Å². The lowest BCUT2D eigenvalue weighted by molar-refractivity contribution is -0.137. The molecule has 3 atom stereocenters. The van der Waals surface area contributed by atoms with E-state index in [2.05, 4.69) is 18.3 Å². The van der Waals surface area contributed by atoms with Crippen LogP contribution in [0.4, 0.5) is 17.6 Å². The summed E-state index contributed by atoms with van der Waals surface area (Å²) in [5.74, 6) is -1.26. The number of halogens is 4. The van der Waals surface area contributed by atoms with Gasteiger partial charge >= 0.3 is 6.18 Å². The molecule has 2 unspecified atom stereocenters. The van der Waals surface area contributed by atoms with Crippen LogP contribution in [0.5, 0.6) is 0 Å². The lowest BCUT2D eigenvalue weighted by atomic mass is 9.83. The number of amides is 1. The smallest absolute Gasteiger partial charge is 0.392 e.